The van der Waals surface area contributed by atoms with E-state index in [2.05, 4.69) is 5.32 Å². The van der Waals surface area contributed by atoms with Gasteiger partial charge >= 0.3 is 0 Å². The van der Waals surface area contributed by atoms with E-state index in [4.69, 9.17) is 11.6 Å². The third-order valence-corrected chi connectivity index (χ3v) is 4.09. The van der Waals surface area contributed by atoms with Crippen LogP contribution in [-0.2, 0) is 0 Å². The number of halogens is 2. The van der Waals surface area contributed by atoms with Gasteiger partial charge in [-0.15, -0.1) is 11.3 Å². The molecule has 0 saturated heterocycles. The van der Waals surface area contributed by atoms with Gasteiger partial charge in [0.1, 0.15) is 5.82 Å². The van der Waals surface area contributed by atoms with Crippen molar-refractivity contribution >= 4 is 22.9 Å². The maximum Gasteiger partial charge on any atom is 0.128 e. The molecule has 0 bridgehead atoms. The number of rotatable bonds is 3. The fourth-order valence-electron chi connectivity index (χ4n) is 1.81. The number of benzene rings is 1. The lowest BCUT2D eigenvalue weighted by Crippen LogP contribution is -2.18. The minimum absolute atomic E-state index is 0.192. The van der Waals surface area contributed by atoms with E-state index in [9.17, 15) is 4.39 Å². The molecule has 1 aromatic carbocycles. The summed E-state index contributed by atoms with van der Waals surface area (Å²) in [4.78, 5) is 0.942. The van der Waals surface area contributed by atoms with Crippen molar-refractivity contribution in [3.05, 3.63) is 56.5 Å². The average Bonchev–Trinajstić information content (AvgIpc) is 2.69. The van der Waals surface area contributed by atoms with Crippen molar-refractivity contribution in [3.63, 3.8) is 0 Å². The Morgan fingerprint density at radius 1 is 1.35 bits per heavy atom. The molecule has 1 aromatic heterocycles. The van der Waals surface area contributed by atoms with Gasteiger partial charge in [0.15, 0.2) is 0 Å². The third-order valence-electron chi connectivity index (χ3n) is 2.66. The van der Waals surface area contributed by atoms with Gasteiger partial charge in [-0.25, -0.2) is 4.39 Å². The maximum atomic E-state index is 13.9. The highest BCUT2D eigenvalue weighted by Gasteiger charge is 2.19. The van der Waals surface area contributed by atoms with Crippen LogP contribution in [0, 0.1) is 12.7 Å². The summed E-state index contributed by atoms with van der Waals surface area (Å²) in [6.07, 6.45) is 0. The molecule has 90 valence electrons. The van der Waals surface area contributed by atoms with Crippen molar-refractivity contribution < 1.29 is 4.39 Å². The van der Waals surface area contributed by atoms with Gasteiger partial charge in [-0.05, 0) is 37.0 Å². The minimum Gasteiger partial charge on any atom is -0.309 e. The lowest BCUT2D eigenvalue weighted by atomic mass is 10.0. The van der Waals surface area contributed by atoms with Crippen molar-refractivity contribution in [2.24, 2.45) is 0 Å². The summed E-state index contributed by atoms with van der Waals surface area (Å²) in [5.74, 6) is -0.200. The van der Waals surface area contributed by atoms with Crippen LogP contribution in [0.2, 0.25) is 5.02 Å². The molecule has 0 aliphatic carbocycles. The lowest BCUT2D eigenvalue weighted by Gasteiger charge is -2.17. The normalized spacial score (nSPS) is 12.7. The van der Waals surface area contributed by atoms with Crippen molar-refractivity contribution in [2.75, 3.05) is 7.05 Å². The lowest BCUT2D eigenvalue weighted by molar-refractivity contribution is 0.578. The van der Waals surface area contributed by atoms with Crippen LogP contribution in [-0.4, -0.2) is 7.05 Å². The van der Waals surface area contributed by atoms with Crippen LogP contribution in [0.4, 0.5) is 4.39 Å². The molecule has 2 aromatic rings. The van der Waals surface area contributed by atoms with Crippen molar-refractivity contribution in [1.29, 1.82) is 0 Å². The van der Waals surface area contributed by atoms with Gasteiger partial charge in [-0.3, -0.25) is 0 Å². The van der Waals surface area contributed by atoms with E-state index in [0.29, 0.717) is 10.6 Å². The number of thiophene rings is 1. The molecule has 0 saturated carbocycles. The first kappa shape index (κ1) is 12.6. The van der Waals surface area contributed by atoms with Gasteiger partial charge in [0.25, 0.3) is 0 Å². The Bertz CT molecular complexity index is 524. The molecule has 2 rings (SSSR count). The van der Waals surface area contributed by atoms with Gasteiger partial charge in [0.2, 0.25) is 0 Å². The molecule has 0 aliphatic heterocycles. The van der Waals surface area contributed by atoms with Crippen molar-refractivity contribution in [3.8, 4) is 0 Å². The minimum atomic E-state index is -0.200. The SMILES string of the molecule is CNC(c1ccc(C)cc1F)c1sccc1Cl. The van der Waals surface area contributed by atoms with Crippen molar-refractivity contribution in [1.82, 2.24) is 5.32 Å². The molecule has 0 spiro atoms. The molecular formula is C13H13ClFNS. The molecule has 0 amide bonds. The summed E-state index contributed by atoms with van der Waals surface area (Å²) in [6, 6.07) is 6.90. The van der Waals surface area contributed by atoms with E-state index in [-0.39, 0.29) is 11.9 Å². The van der Waals surface area contributed by atoms with Gasteiger partial charge < -0.3 is 5.32 Å². The van der Waals surface area contributed by atoms with E-state index in [1.165, 1.54) is 11.3 Å². The van der Waals surface area contributed by atoms with Gasteiger partial charge in [0, 0.05) is 10.4 Å². The first-order chi connectivity index (χ1) is 8.13. The average molecular weight is 270 g/mol. The van der Waals surface area contributed by atoms with Gasteiger partial charge in [-0.2, -0.15) is 0 Å². The Hall–Kier alpha value is -0.900. The second kappa shape index (κ2) is 5.17. The molecule has 1 atom stereocenters. The predicted octanol–water partition coefficient (Wildman–Crippen LogP) is 4.16. The van der Waals surface area contributed by atoms with Gasteiger partial charge in [0.05, 0.1) is 11.1 Å². The summed E-state index contributed by atoms with van der Waals surface area (Å²) < 4.78 is 13.9. The van der Waals surface area contributed by atoms with Crippen LogP contribution in [0.15, 0.2) is 29.6 Å². The number of hydrogen-bond acceptors (Lipinski definition) is 2. The molecule has 1 nitrogen and oxygen atoms in total. The maximum absolute atomic E-state index is 13.9. The largest absolute Gasteiger partial charge is 0.309 e. The zero-order chi connectivity index (χ0) is 12.4. The highest BCUT2D eigenvalue weighted by atomic mass is 35.5. The topological polar surface area (TPSA) is 12.0 Å². The molecule has 17 heavy (non-hydrogen) atoms. The molecular weight excluding hydrogens is 257 g/mol. The molecule has 0 fully saturated rings. The zero-order valence-corrected chi connectivity index (χ0v) is 11.2. The molecule has 1 heterocycles. The standard InChI is InChI=1S/C13H13ClFNS/c1-8-3-4-9(11(15)7-8)12(16-2)13-10(14)5-6-17-13/h3-7,12,16H,1-2H3. The van der Waals surface area contributed by atoms with Crippen LogP contribution in [0.25, 0.3) is 0 Å². The monoisotopic (exact) mass is 269 g/mol. The van der Waals surface area contributed by atoms with E-state index < -0.39 is 0 Å². The quantitative estimate of drug-likeness (QED) is 0.882. The smallest absolute Gasteiger partial charge is 0.128 e. The third kappa shape index (κ3) is 2.51. The number of nitrogens with one attached hydrogen (secondary N) is 1. The Kier molecular flexibility index (Phi) is 3.82. The predicted molar refractivity (Wildman–Crippen MR) is 71.4 cm³/mol. The Morgan fingerprint density at radius 3 is 2.65 bits per heavy atom. The summed E-state index contributed by atoms with van der Waals surface area (Å²) in [7, 11) is 1.81. The van der Waals surface area contributed by atoms with Crippen LogP contribution in [0.1, 0.15) is 22.0 Å². The first-order valence-electron chi connectivity index (χ1n) is 5.29. The van der Waals surface area contributed by atoms with E-state index in [1.807, 2.05) is 30.5 Å². The summed E-state index contributed by atoms with van der Waals surface area (Å²) in [6.45, 7) is 1.87. The zero-order valence-electron chi connectivity index (χ0n) is 9.63. The number of hydrogen-bond donors (Lipinski definition) is 1. The van der Waals surface area contributed by atoms with Crippen LogP contribution < -0.4 is 5.32 Å². The second-order valence-corrected chi connectivity index (χ2v) is 5.23. The Balaban J connectivity index is 2.46. The Labute approximate surface area is 109 Å². The fraction of sp³-hybridized carbons (Fsp3) is 0.231. The van der Waals surface area contributed by atoms with E-state index in [1.54, 1.807) is 13.1 Å². The van der Waals surface area contributed by atoms with Crippen molar-refractivity contribution in [2.45, 2.75) is 13.0 Å². The highest BCUT2D eigenvalue weighted by Crippen LogP contribution is 2.33. The summed E-state index contributed by atoms with van der Waals surface area (Å²) in [5.41, 5.74) is 1.54. The number of aryl methyl sites for hydroxylation is 1. The fourth-order valence-corrected chi connectivity index (χ4v) is 3.10. The summed E-state index contributed by atoms with van der Waals surface area (Å²) in [5, 5.41) is 5.69. The molecule has 1 unspecified atom stereocenters. The van der Waals surface area contributed by atoms with Crippen LogP contribution in [0.5, 0.6) is 0 Å². The van der Waals surface area contributed by atoms with Crippen LogP contribution in [0.3, 0.4) is 0 Å². The molecule has 1 N–H and O–H groups in total. The summed E-state index contributed by atoms with van der Waals surface area (Å²) >= 11 is 7.62. The Morgan fingerprint density at radius 2 is 2.12 bits per heavy atom. The second-order valence-electron chi connectivity index (χ2n) is 3.88. The van der Waals surface area contributed by atoms with Crippen LogP contribution >= 0.6 is 22.9 Å². The van der Waals surface area contributed by atoms with Gasteiger partial charge in [-0.1, -0.05) is 23.7 Å². The molecule has 0 radical (unpaired) electrons. The van der Waals surface area contributed by atoms with E-state index in [0.717, 1.165) is 10.4 Å². The molecule has 4 heteroatoms. The van der Waals surface area contributed by atoms with E-state index >= 15 is 0 Å². The molecule has 0 aliphatic rings. The first-order valence-corrected chi connectivity index (χ1v) is 6.55. The highest BCUT2D eigenvalue weighted by molar-refractivity contribution is 7.10.